The Morgan fingerprint density at radius 2 is 1.97 bits per heavy atom. The summed E-state index contributed by atoms with van der Waals surface area (Å²) in [5, 5.41) is 6.55. The van der Waals surface area contributed by atoms with Gasteiger partial charge in [0, 0.05) is 29.8 Å². The molecule has 1 spiro atoms. The van der Waals surface area contributed by atoms with E-state index in [2.05, 4.69) is 34.9 Å². The van der Waals surface area contributed by atoms with Crippen LogP contribution in [0.1, 0.15) is 41.9 Å². The van der Waals surface area contributed by atoms with E-state index in [4.69, 9.17) is 0 Å². The largest absolute Gasteiger partial charge is 0.351 e. The van der Waals surface area contributed by atoms with Crippen molar-refractivity contribution in [3.8, 4) is 0 Å². The smallest absolute Gasteiger partial charge is 0.224 e. The van der Waals surface area contributed by atoms with Gasteiger partial charge in [-0.05, 0) is 61.1 Å². The van der Waals surface area contributed by atoms with E-state index in [1.165, 1.54) is 23.3 Å². The molecule has 2 aromatic carbocycles. The number of carbonyl (C=O) groups excluding carboxylic acids is 1. The number of nitrogens with one attached hydrogen (secondary N) is 2. The Morgan fingerprint density at radius 3 is 2.79 bits per heavy atom. The fourth-order valence-electron chi connectivity index (χ4n) is 5.37. The van der Waals surface area contributed by atoms with Gasteiger partial charge in [0.1, 0.15) is 0 Å². The number of amides is 1. The zero-order valence-corrected chi connectivity index (χ0v) is 16.9. The van der Waals surface area contributed by atoms with Crippen LogP contribution in [0.25, 0.3) is 0 Å². The Balaban J connectivity index is 0.00000205. The van der Waals surface area contributed by atoms with Crippen LogP contribution in [0.4, 0.5) is 8.78 Å². The molecule has 29 heavy (non-hydrogen) atoms. The van der Waals surface area contributed by atoms with Gasteiger partial charge in [0.05, 0.1) is 0 Å². The number of carbonyl (C=O) groups is 1. The highest BCUT2D eigenvalue weighted by atomic mass is 35.5. The molecule has 2 N–H and O–H groups in total. The fraction of sp³-hybridized carbons (Fsp3) is 0.435. The van der Waals surface area contributed by atoms with Crippen molar-refractivity contribution in [1.82, 2.24) is 10.6 Å². The lowest BCUT2D eigenvalue weighted by Crippen LogP contribution is -2.50. The van der Waals surface area contributed by atoms with Gasteiger partial charge in [-0.1, -0.05) is 30.3 Å². The second-order valence-corrected chi connectivity index (χ2v) is 8.46. The summed E-state index contributed by atoms with van der Waals surface area (Å²) in [5.74, 6) is -1.56. The Morgan fingerprint density at radius 1 is 1.14 bits per heavy atom. The van der Waals surface area contributed by atoms with E-state index in [1.807, 2.05) is 0 Å². The molecule has 0 bridgehead atoms. The molecule has 1 aliphatic heterocycles. The predicted octanol–water partition coefficient (Wildman–Crippen LogP) is 3.85. The molecule has 2 aromatic rings. The van der Waals surface area contributed by atoms with E-state index in [0.717, 1.165) is 37.8 Å². The molecule has 3 aliphatic rings. The molecule has 1 saturated carbocycles. The average Bonchev–Trinajstić information content (AvgIpc) is 3.33. The molecule has 3 nitrogen and oxygen atoms in total. The highest BCUT2D eigenvalue weighted by Crippen LogP contribution is 2.61. The molecule has 4 atom stereocenters. The zero-order valence-electron chi connectivity index (χ0n) is 16.1. The lowest BCUT2D eigenvalue weighted by atomic mass is 9.85. The second kappa shape index (κ2) is 7.69. The SMILES string of the molecule is Cl.O=C(NC1CNCCC1c1ccc(F)c(F)c1)C1CC12CCc1ccccc12. The number of benzene rings is 2. The van der Waals surface area contributed by atoms with Crippen LogP contribution in [0.15, 0.2) is 42.5 Å². The van der Waals surface area contributed by atoms with Gasteiger partial charge in [0.2, 0.25) is 5.91 Å². The van der Waals surface area contributed by atoms with Crippen molar-refractivity contribution in [2.75, 3.05) is 13.1 Å². The second-order valence-electron chi connectivity index (χ2n) is 8.46. The highest BCUT2D eigenvalue weighted by Gasteiger charge is 2.61. The summed E-state index contributed by atoms with van der Waals surface area (Å²) in [6, 6.07) is 12.4. The van der Waals surface area contributed by atoms with E-state index in [0.29, 0.717) is 6.54 Å². The third-order valence-electron chi connectivity index (χ3n) is 6.97. The summed E-state index contributed by atoms with van der Waals surface area (Å²) in [4.78, 5) is 13.1. The number of rotatable bonds is 3. The molecule has 2 aliphatic carbocycles. The number of halogens is 3. The van der Waals surface area contributed by atoms with Gasteiger partial charge in [-0.15, -0.1) is 12.4 Å². The minimum Gasteiger partial charge on any atom is -0.351 e. The van der Waals surface area contributed by atoms with E-state index in [1.54, 1.807) is 6.07 Å². The molecular weight excluding hydrogens is 394 g/mol. The Hall–Kier alpha value is -1.98. The molecule has 0 radical (unpaired) electrons. The quantitative estimate of drug-likeness (QED) is 0.794. The standard InChI is InChI=1S/C23H24F2N2O.ClH/c24-19-6-5-15(11-20(19)25)16-8-10-26-13-21(16)27-22(28)18-12-23(18)9-7-14-3-1-2-4-17(14)23;/h1-6,11,16,18,21,26H,7-10,12-13H2,(H,27,28);1H. The molecule has 1 saturated heterocycles. The van der Waals surface area contributed by atoms with Crippen LogP contribution in [0.3, 0.4) is 0 Å². The minimum atomic E-state index is -0.835. The molecule has 4 unspecified atom stereocenters. The van der Waals surface area contributed by atoms with Crippen molar-refractivity contribution in [3.05, 3.63) is 70.8 Å². The maximum Gasteiger partial charge on any atom is 0.224 e. The van der Waals surface area contributed by atoms with Gasteiger partial charge in [-0.25, -0.2) is 8.78 Å². The minimum absolute atomic E-state index is 0. The molecule has 1 amide bonds. The van der Waals surface area contributed by atoms with Crippen molar-refractivity contribution in [2.24, 2.45) is 5.92 Å². The number of piperidine rings is 1. The average molecular weight is 419 g/mol. The molecule has 154 valence electrons. The number of fused-ring (bicyclic) bond motifs is 2. The Kier molecular flexibility index (Phi) is 5.38. The third kappa shape index (κ3) is 3.44. The molecule has 2 fully saturated rings. The summed E-state index contributed by atoms with van der Waals surface area (Å²) in [5.41, 5.74) is 3.48. The van der Waals surface area contributed by atoms with Gasteiger partial charge in [0.25, 0.3) is 0 Å². The van der Waals surface area contributed by atoms with Crippen LogP contribution < -0.4 is 10.6 Å². The summed E-state index contributed by atoms with van der Waals surface area (Å²) in [6.07, 6.45) is 3.78. The van der Waals surface area contributed by atoms with Gasteiger partial charge in [-0.3, -0.25) is 4.79 Å². The number of aryl methyl sites for hydroxylation is 1. The van der Waals surface area contributed by atoms with E-state index < -0.39 is 11.6 Å². The molecule has 0 aromatic heterocycles. The summed E-state index contributed by atoms with van der Waals surface area (Å²) < 4.78 is 27.0. The van der Waals surface area contributed by atoms with Gasteiger partial charge >= 0.3 is 0 Å². The normalized spacial score (nSPS) is 29.8. The lowest BCUT2D eigenvalue weighted by molar-refractivity contribution is -0.123. The Labute approximate surface area is 175 Å². The van der Waals surface area contributed by atoms with Gasteiger partial charge in [0.15, 0.2) is 11.6 Å². The van der Waals surface area contributed by atoms with Crippen molar-refractivity contribution in [3.63, 3.8) is 0 Å². The number of hydrogen-bond donors (Lipinski definition) is 2. The van der Waals surface area contributed by atoms with E-state index >= 15 is 0 Å². The van der Waals surface area contributed by atoms with Crippen LogP contribution >= 0.6 is 12.4 Å². The molecule has 1 heterocycles. The third-order valence-corrected chi connectivity index (χ3v) is 6.97. The number of hydrogen-bond acceptors (Lipinski definition) is 2. The van der Waals surface area contributed by atoms with Crippen molar-refractivity contribution in [2.45, 2.75) is 43.1 Å². The molecular formula is C23H25ClF2N2O. The first-order chi connectivity index (χ1) is 13.6. The maximum atomic E-state index is 13.7. The fourth-order valence-corrected chi connectivity index (χ4v) is 5.37. The van der Waals surface area contributed by atoms with Crippen LogP contribution in [0.2, 0.25) is 0 Å². The summed E-state index contributed by atoms with van der Waals surface area (Å²) in [6.45, 7) is 1.45. The lowest BCUT2D eigenvalue weighted by Gasteiger charge is -2.33. The van der Waals surface area contributed by atoms with Crippen molar-refractivity contribution >= 4 is 18.3 Å². The Bertz CT molecular complexity index is 937. The zero-order chi connectivity index (χ0) is 19.3. The summed E-state index contributed by atoms with van der Waals surface area (Å²) >= 11 is 0. The van der Waals surface area contributed by atoms with Crippen LogP contribution in [0, 0.1) is 17.6 Å². The maximum absolute atomic E-state index is 13.7. The van der Waals surface area contributed by atoms with Crippen molar-refractivity contribution < 1.29 is 13.6 Å². The van der Waals surface area contributed by atoms with E-state index in [9.17, 15) is 13.6 Å². The molecule has 6 heteroatoms. The van der Waals surface area contributed by atoms with E-state index in [-0.39, 0.29) is 41.6 Å². The first kappa shape index (κ1) is 20.3. The summed E-state index contributed by atoms with van der Waals surface area (Å²) in [7, 11) is 0. The first-order valence-electron chi connectivity index (χ1n) is 10.1. The topological polar surface area (TPSA) is 41.1 Å². The predicted molar refractivity (Wildman–Crippen MR) is 110 cm³/mol. The van der Waals surface area contributed by atoms with Gasteiger partial charge in [-0.2, -0.15) is 0 Å². The van der Waals surface area contributed by atoms with Gasteiger partial charge < -0.3 is 10.6 Å². The molecule has 5 rings (SSSR count). The first-order valence-corrected chi connectivity index (χ1v) is 10.1. The monoisotopic (exact) mass is 418 g/mol. The van der Waals surface area contributed by atoms with Crippen LogP contribution in [0.5, 0.6) is 0 Å². The highest BCUT2D eigenvalue weighted by molar-refractivity contribution is 5.85. The van der Waals surface area contributed by atoms with Crippen molar-refractivity contribution in [1.29, 1.82) is 0 Å². The van der Waals surface area contributed by atoms with Crippen LogP contribution in [-0.4, -0.2) is 25.0 Å². The van der Waals surface area contributed by atoms with Crippen LogP contribution in [-0.2, 0) is 16.6 Å².